The van der Waals surface area contributed by atoms with Crippen molar-refractivity contribution in [3.8, 4) is 11.5 Å². The number of amides is 2. The van der Waals surface area contributed by atoms with E-state index >= 15 is 0 Å². The van der Waals surface area contributed by atoms with Crippen LogP contribution in [0.1, 0.15) is 18.4 Å². The van der Waals surface area contributed by atoms with Crippen LogP contribution in [0.4, 0.5) is 0 Å². The van der Waals surface area contributed by atoms with Gasteiger partial charge in [-0.3, -0.25) is 9.59 Å². The molecule has 40 heavy (non-hydrogen) atoms. The quantitative estimate of drug-likeness (QED) is 0.0958. The number of primary amides is 1. The van der Waals surface area contributed by atoms with Gasteiger partial charge in [0.15, 0.2) is 6.61 Å². The molecule has 3 aromatic carbocycles. The highest BCUT2D eigenvalue weighted by atomic mass is 35.5. The number of nitrogens with one attached hydrogen (secondary N) is 4. The fourth-order valence-electron chi connectivity index (χ4n) is 4.18. The number of H-pyrrole nitrogens is 1. The molecule has 7 N–H and O–H groups in total. The normalized spacial score (nSPS) is 11.8. The lowest BCUT2D eigenvalue weighted by Gasteiger charge is -2.14. The topological polar surface area (TPSA) is 163 Å². The first kappa shape index (κ1) is 28.9. The molecule has 0 radical (unpaired) electrons. The number of aromatic nitrogens is 1. The molecule has 2 amide bonds. The molecule has 0 fully saturated rings. The molecule has 1 heterocycles. The first-order valence-electron chi connectivity index (χ1n) is 12.9. The number of rotatable bonds is 15. The molecule has 210 valence electrons. The van der Waals surface area contributed by atoms with Crippen molar-refractivity contribution < 1.29 is 24.2 Å². The highest BCUT2D eigenvalue weighted by Gasteiger charge is 2.12. The van der Waals surface area contributed by atoms with Crippen LogP contribution in [-0.2, 0) is 9.59 Å². The number of fused-ring (bicyclic) bond motifs is 3. The van der Waals surface area contributed by atoms with Crippen molar-refractivity contribution in [2.75, 3.05) is 32.8 Å². The number of hydrogen-bond donors (Lipinski definition) is 6. The number of aromatic amines is 1. The fourth-order valence-corrected chi connectivity index (χ4v) is 4.42. The third-order valence-electron chi connectivity index (χ3n) is 6.19. The van der Waals surface area contributed by atoms with Crippen molar-refractivity contribution in [1.82, 2.24) is 15.6 Å². The minimum absolute atomic E-state index is 0.0825. The van der Waals surface area contributed by atoms with Gasteiger partial charge in [0.2, 0.25) is 5.91 Å². The summed E-state index contributed by atoms with van der Waals surface area (Å²) in [4.78, 5) is 26.4. The van der Waals surface area contributed by atoms with E-state index in [4.69, 9.17) is 32.2 Å². The molecular formula is C29H32ClN5O5. The molecule has 1 unspecified atom stereocenters. The lowest BCUT2D eigenvalue weighted by atomic mass is 10.1. The summed E-state index contributed by atoms with van der Waals surface area (Å²) >= 11 is 6.22. The maximum atomic E-state index is 12.1. The lowest BCUT2D eigenvalue weighted by Crippen LogP contribution is -2.38. The summed E-state index contributed by atoms with van der Waals surface area (Å²) in [5.74, 6) is 0.217. The van der Waals surface area contributed by atoms with E-state index in [0.29, 0.717) is 36.7 Å². The number of ether oxygens (including phenoxy) is 2. The molecular weight excluding hydrogens is 534 g/mol. The number of carbonyl (C=O) groups excluding carboxylic acids is 2. The van der Waals surface area contributed by atoms with E-state index in [1.165, 1.54) is 0 Å². The van der Waals surface area contributed by atoms with Crippen molar-refractivity contribution in [2.24, 2.45) is 5.73 Å². The molecule has 0 saturated heterocycles. The smallest absolute Gasteiger partial charge is 0.257 e. The monoisotopic (exact) mass is 565 g/mol. The van der Waals surface area contributed by atoms with E-state index in [2.05, 4.69) is 15.6 Å². The van der Waals surface area contributed by atoms with Crippen LogP contribution in [-0.4, -0.2) is 66.6 Å². The van der Waals surface area contributed by atoms with Gasteiger partial charge in [0, 0.05) is 48.1 Å². The average Bonchev–Trinajstić information content (AvgIpc) is 3.33. The third kappa shape index (κ3) is 7.72. The second kappa shape index (κ2) is 13.8. The maximum Gasteiger partial charge on any atom is 0.257 e. The van der Waals surface area contributed by atoms with Gasteiger partial charge >= 0.3 is 0 Å². The molecule has 0 aliphatic rings. The molecule has 1 atom stereocenters. The van der Waals surface area contributed by atoms with Crippen molar-refractivity contribution in [1.29, 1.82) is 5.41 Å². The molecule has 0 saturated carbocycles. The van der Waals surface area contributed by atoms with Crippen LogP contribution in [0.5, 0.6) is 11.5 Å². The van der Waals surface area contributed by atoms with Gasteiger partial charge in [-0.2, -0.15) is 0 Å². The van der Waals surface area contributed by atoms with E-state index in [9.17, 15) is 14.7 Å². The van der Waals surface area contributed by atoms with E-state index in [-0.39, 0.29) is 42.7 Å². The van der Waals surface area contributed by atoms with Gasteiger partial charge in [0.25, 0.3) is 5.91 Å². The summed E-state index contributed by atoms with van der Waals surface area (Å²) in [5, 5.41) is 26.5. The number of halogens is 1. The Morgan fingerprint density at radius 2 is 1.80 bits per heavy atom. The zero-order valence-electron chi connectivity index (χ0n) is 21.8. The van der Waals surface area contributed by atoms with Crippen molar-refractivity contribution >= 4 is 50.9 Å². The predicted molar refractivity (Wildman–Crippen MR) is 155 cm³/mol. The second-order valence-electron chi connectivity index (χ2n) is 9.25. The lowest BCUT2D eigenvalue weighted by molar-refractivity contribution is -0.123. The van der Waals surface area contributed by atoms with E-state index < -0.39 is 12.0 Å². The van der Waals surface area contributed by atoms with Crippen LogP contribution < -0.4 is 25.8 Å². The number of para-hydroxylation sites is 1. The molecule has 11 heteroatoms. The van der Waals surface area contributed by atoms with E-state index in [1.54, 1.807) is 18.2 Å². The molecule has 0 aliphatic carbocycles. The molecule has 4 aromatic rings. The van der Waals surface area contributed by atoms with Gasteiger partial charge in [-0.15, -0.1) is 0 Å². The van der Waals surface area contributed by atoms with Gasteiger partial charge in [-0.05, 0) is 48.4 Å². The Kier molecular flexibility index (Phi) is 9.96. The minimum atomic E-state index is -0.734. The van der Waals surface area contributed by atoms with Crippen LogP contribution in [0.2, 0.25) is 5.02 Å². The third-order valence-corrected chi connectivity index (χ3v) is 6.48. The van der Waals surface area contributed by atoms with Crippen molar-refractivity contribution in [3.05, 3.63) is 71.2 Å². The van der Waals surface area contributed by atoms with E-state index in [1.807, 2.05) is 42.5 Å². The number of nitrogens with two attached hydrogens (primary N) is 1. The molecule has 0 aliphatic heterocycles. The Morgan fingerprint density at radius 3 is 2.60 bits per heavy atom. The Balaban J connectivity index is 1.13. The summed E-state index contributed by atoms with van der Waals surface area (Å²) in [6.45, 7) is 0.981. The molecule has 1 aromatic heterocycles. The molecule has 0 spiro atoms. The standard InChI is InChI=1S/C29H32ClN5O5/c30-21-14-18(22(31)9-11-27(32)37)8-10-25(21)40-17-28(38)34-13-12-33-15-19(36)16-39-26-7-3-6-24-29(26)20-4-1-2-5-23(20)35-24/h1-8,10,14,19,31,33,35-36H,9,11-13,15-17H2,(H2,32,37)(H,34,38). The van der Waals surface area contributed by atoms with Crippen molar-refractivity contribution in [3.63, 3.8) is 0 Å². The summed E-state index contributed by atoms with van der Waals surface area (Å²) in [5.41, 5.74) is 7.91. The number of aliphatic hydroxyl groups excluding tert-OH is 1. The van der Waals surface area contributed by atoms with Gasteiger partial charge < -0.3 is 41.3 Å². The molecule has 4 rings (SSSR count). The zero-order valence-corrected chi connectivity index (χ0v) is 22.6. The number of aliphatic hydroxyl groups is 1. The second-order valence-corrected chi connectivity index (χ2v) is 9.65. The zero-order chi connectivity index (χ0) is 28.5. The number of carbonyl (C=O) groups is 2. The highest BCUT2D eigenvalue weighted by molar-refractivity contribution is 6.32. The highest BCUT2D eigenvalue weighted by Crippen LogP contribution is 2.33. The maximum absolute atomic E-state index is 12.1. The summed E-state index contributed by atoms with van der Waals surface area (Å²) in [6, 6.07) is 18.6. The Morgan fingerprint density at radius 1 is 1.00 bits per heavy atom. The Hall–Kier alpha value is -4.12. The van der Waals surface area contributed by atoms with Gasteiger partial charge in [-0.1, -0.05) is 35.9 Å². The van der Waals surface area contributed by atoms with Crippen LogP contribution in [0.15, 0.2) is 60.7 Å². The first-order valence-corrected chi connectivity index (χ1v) is 13.3. The molecule has 0 bridgehead atoms. The summed E-state index contributed by atoms with van der Waals surface area (Å²) < 4.78 is 11.4. The van der Waals surface area contributed by atoms with Crippen LogP contribution in [0.3, 0.4) is 0 Å². The first-order chi connectivity index (χ1) is 19.3. The van der Waals surface area contributed by atoms with Gasteiger partial charge in [0.05, 0.1) is 10.5 Å². The Labute approximate surface area is 236 Å². The largest absolute Gasteiger partial charge is 0.490 e. The van der Waals surface area contributed by atoms with Gasteiger partial charge in [-0.25, -0.2) is 0 Å². The van der Waals surface area contributed by atoms with Crippen LogP contribution in [0, 0.1) is 5.41 Å². The fraction of sp³-hybridized carbons (Fsp3) is 0.276. The Bertz CT molecular complexity index is 1500. The van der Waals surface area contributed by atoms with Crippen LogP contribution in [0.25, 0.3) is 21.8 Å². The average molecular weight is 566 g/mol. The van der Waals surface area contributed by atoms with E-state index in [0.717, 1.165) is 21.8 Å². The van der Waals surface area contributed by atoms with Gasteiger partial charge in [0.1, 0.15) is 24.2 Å². The summed E-state index contributed by atoms with van der Waals surface area (Å²) in [6.07, 6.45) is -0.436. The minimum Gasteiger partial charge on any atom is -0.490 e. The molecule has 10 nitrogen and oxygen atoms in total. The number of hydrogen-bond acceptors (Lipinski definition) is 7. The predicted octanol–water partition coefficient (Wildman–Crippen LogP) is 3.13. The van der Waals surface area contributed by atoms with Crippen LogP contribution >= 0.6 is 11.6 Å². The SMILES string of the molecule is N=C(CCC(N)=O)c1ccc(OCC(=O)NCCNCC(O)COc2cccc3[nH]c4ccccc4c23)c(Cl)c1. The van der Waals surface area contributed by atoms with Crippen molar-refractivity contribution in [2.45, 2.75) is 18.9 Å². The number of benzene rings is 3. The summed E-state index contributed by atoms with van der Waals surface area (Å²) in [7, 11) is 0.